The standard InChI is InChI=1S/C25H28N6O/c1-15-23-18(13-30(2)29-23)10-21(24(15)32)22-6-5-17-9-20(12-27-25(17)28-22)31-8-7-19(14-31)26-11-16-3-4-16/h5-6,9-10,12-13,16,19,26,32H,3-4,7-8,11,14H2,1-2H3/t19-/m1/s1. The number of nitrogens with one attached hydrogen (secondary N) is 1. The monoisotopic (exact) mass is 428 g/mol. The van der Waals surface area contributed by atoms with Gasteiger partial charge in [0.1, 0.15) is 5.75 Å². The minimum absolute atomic E-state index is 0.224. The molecule has 1 aromatic carbocycles. The van der Waals surface area contributed by atoms with E-state index in [0.717, 1.165) is 52.2 Å². The molecule has 4 aromatic rings. The van der Waals surface area contributed by atoms with Gasteiger partial charge in [-0.05, 0) is 62.9 Å². The Balaban J connectivity index is 1.28. The zero-order chi connectivity index (χ0) is 21.8. The van der Waals surface area contributed by atoms with Crippen molar-refractivity contribution in [2.75, 3.05) is 24.5 Å². The van der Waals surface area contributed by atoms with Gasteiger partial charge in [-0.15, -0.1) is 0 Å². The van der Waals surface area contributed by atoms with Gasteiger partial charge in [0.2, 0.25) is 0 Å². The molecule has 4 heterocycles. The summed E-state index contributed by atoms with van der Waals surface area (Å²) in [7, 11) is 1.89. The number of benzene rings is 1. The van der Waals surface area contributed by atoms with Crippen LogP contribution in [0.1, 0.15) is 24.8 Å². The van der Waals surface area contributed by atoms with Crippen LogP contribution in [0.3, 0.4) is 0 Å². The number of aromatic nitrogens is 4. The summed E-state index contributed by atoms with van der Waals surface area (Å²) in [5, 5.41) is 21.0. The number of pyridine rings is 2. The van der Waals surface area contributed by atoms with Crippen LogP contribution in [0.4, 0.5) is 5.69 Å². The van der Waals surface area contributed by atoms with Crippen molar-refractivity contribution in [1.29, 1.82) is 0 Å². The van der Waals surface area contributed by atoms with E-state index in [9.17, 15) is 5.11 Å². The van der Waals surface area contributed by atoms with Crippen molar-refractivity contribution >= 4 is 27.6 Å². The molecule has 3 aromatic heterocycles. The van der Waals surface area contributed by atoms with Crippen molar-refractivity contribution in [3.8, 4) is 17.0 Å². The van der Waals surface area contributed by atoms with Crippen LogP contribution in [0.25, 0.3) is 33.2 Å². The zero-order valence-corrected chi connectivity index (χ0v) is 18.5. The van der Waals surface area contributed by atoms with Crippen LogP contribution in [-0.2, 0) is 7.05 Å². The molecule has 2 aliphatic rings. The smallest absolute Gasteiger partial charge is 0.159 e. The summed E-state index contributed by atoms with van der Waals surface area (Å²) < 4.78 is 1.77. The molecule has 1 saturated carbocycles. The second-order valence-electron chi connectivity index (χ2n) is 9.36. The van der Waals surface area contributed by atoms with Gasteiger partial charge >= 0.3 is 0 Å². The van der Waals surface area contributed by atoms with Crippen LogP contribution in [0, 0.1) is 12.8 Å². The number of nitrogens with zero attached hydrogens (tertiary/aromatic N) is 5. The number of rotatable bonds is 5. The Labute approximate surface area is 187 Å². The lowest BCUT2D eigenvalue weighted by molar-refractivity contribution is 0.474. The fourth-order valence-electron chi connectivity index (χ4n) is 4.78. The third-order valence-corrected chi connectivity index (χ3v) is 6.87. The highest BCUT2D eigenvalue weighted by atomic mass is 16.3. The Morgan fingerprint density at radius 1 is 1.16 bits per heavy atom. The average molecular weight is 429 g/mol. The van der Waals surface area contributed by atoms with Gasteiger partial charge in [0, 0.05) is 54.3 Å². The Morgan fingerprint density at radius 3 is 2.88 bits per heavy atom. The van der Waals surface area contributed by atoms with Crippen molar-refractivity contribution in [2.45, 2.75) is 32.2 Å². The molecule has 1 aliphatic heterocycles. The van der Waals surface area contributed by atoms with Gasteiger partial charge in [0.15, 0.2) is 5.65 Å². The van der Waals surface area contributed by atoms with E-state index < -0.39 is 0 Å². The van der Waals surface area contributed by atoms with Crippen molar-refractivity contribution in [1.82, 2.24) is 25.1 Å². The normalized spacial score (nSPS) is 18.8. The van der Waals surface area contributed by atoms with E-state index in [1.165, 1.54) is 25.8 Å². The molecule has 7 nitrogen and oxygen atoms in total. The van der Waals surface area contributed by atoms with Crippen molar-refractivity contribution in [3.05, 3.63) is 42.2 Å². The Bertz CT molecular complexity index is 1330. The predicted molar refractivity (Wildman–Crippen MR) is 127 cm³/mol. The van der Waals surface area contributed by atoms with E-state index >= 15 is 0 Å². The lowest BCUT2D eigenvalue weighted by Gasteiger charge is -2.19. The number of fused-ring (bicyclic) bond motifs is 2. The van der Waals surface area contributed by atoms with Crippen molar-refractivity contribution in [3.63, 3.8) is 0 Å². The fraction of sp³-hybridized carbons (Fsp3) is 0.400. The van der Waals surface area contributed by atoms with Crippen LogP contribution >= 0.6 is 0 Å². The number of aryl methyl sites for hydroxylation is 2. The maximum atomic E-state index is 10.8. The number of hydrogen-bond acceptors (Lipinski definition) is 6. The highest BCUT2D eigenvalue weighted by Gasteiger charge is 2.26. The number of phenolic OH excluding ortho intramolecular Hbond substituents is 1. The van der Waals surface area contributed by atoms with E-state index in [1.54, 1.807) is 4.68 Å². The molecule has 32 heavy (non-hydrogen) atoms. The Morgan fingerprint density at radius 2 is 2.03 bits per heavy atom. The lowest BCUT2D eigenvalue weighted by atomic mass is 10.0. The molecule has 0 bridgehead atoms. The molecule has 0 radical (unpaired) electrons. The van der Waals surface area contributed by atoms with E-state index in [2.05, 4.69) is 32.4 Å². The first kappa shape index (κ1) is 19.5. The summed E-state index contributed by atoms with van der Waals surface area (Å²) in [6.07, 6.45) is 7.84. The van der Waals surface area contributed by atoms with Gasteiger partial charge in [-0.3, -0.25) is 4.68 Å². The lowest BCUT2D eigenvalue weighted by Crippen LogP contribution is -2.33. The van der Waals surface area contributed by atoms with Gasteiger partial charge in [-0.25, -0.2) is 9.97 Å². The number of aromatic hydroxyl groups is 1. The molecular formula is C25H28N6O. The van der Waals surface area contributed by atoms with E-state index in [4.69, 9.17) is 4.98 Å². The molecule has 1 saturated heterocycles. The quantitative estimate of drug-likeness (QED) is 0.504. The van der Waals surface area contributed by atoms with Crippen molar-refractivity contribution in [2.24, 2.45) is 13.0 Å². The SMILES string of the molecule is Cc1c(O)c(-c2ccc3cc(N4CC[C@@H](NCC5CC5)C4)cnc3n2)cc2cn(C)nc12. The van der Waals surface area contributed by atoms with Crippen molar-refractivity contribution < 1.29 is 5.11 Å². The Hall–Kier alpha value is -3.19. The zero-order valence-electron chi connectivity index (χ0n) is 18.5. The van der Waals surface area contributed by atoms with E-state index in [-0.39, 0.29) is 5.75 Å². The first-order chi connectivity index (χ1) is 15.5. The van der Waals surface area contributed by atoms with Gasteiger partial charge < -0.3 is 15.3 Å². The van der Waals surface area contributed by atoms with Crippen LogP contribution in [0.15, 0.2) is 36.7 Å². The van der Waals surface area contributed by atoms with Crippen LogP contribution in [0.2, 0.25) is 0 Å². The van der Waals surface area contributed by atoms with Gasteiger partial charge in [-0.2, -0.15) is 5.10 Å². The molecule has 2 N–H and O–H groups in total. The topological polar surface area (TPSA) is 79.1 Å². The van der Waals surface area contributed by atoms with E-state index in [1.807, 2.05) is 38.5 Å². The fourth-order valence-corrected chi connectivity index (χ4v) is 4.78. The molecule has 0 unspecified atom stereocenters. The highest BCUT2D eigenvalue weighted by molar-refractivity contribution is 5.91. The van der Waals surface area contributed by atoms with Crippen LogP contribution in [-0.4, -0.2) is 50.5 Å². The molecule has 6 rings (SSSR count). The summed E-state index contributed by atoms with van der Waals surface area (Å²) in [5.74, 6) is 1.13. The second kappa shape index (κ2) is 7.45. The first-order valence-electron chi connectivity index (χ1n) is 11.5. The summed E-state index contributed by atoms with van der Waals surface area (Å²) >= 11 is 0. The van der Waals surface area contributed by atoms with Gasteiger partial charge in [0.25, 0.3) is 0 Å². The summed E-state index contributed by atoms with van der Waals surface area (Å²) in [5.41, 5.74) is 4.85. The predicted octanol–water partition coefficient (Wildman–Crippen LogP) is 3.78. The molecule has 1 atom stereocenters. The van der Waals surface area contributed by atoms with Crippen LogP contribution in [0.5, 0.6) is 5.75 Å². The van der Waals surface area contributed by atoms with E-state index in [0.29, 0.717) is 17.3 Å². The number of phenols is 1. The summed E-state index contributed by atoms with van der Waals surface area (Å²) in [6, 6.07) is 8.72. The third-order valence-electron chi connectivity index (χ3n) is 6.87. The molecule has 164 valence electrons. The largest absolute Gasteiger partial charge is 0.507 e. The van der Waals surface area contributed by atoms with Gasteiger partial charge in [0.05, 0.1) is 23.1 Å². The maximum Gasteiger partial charge on any atom is 0.159 e. The molecule has 0 amide bonds. The summed E-state index contributed by atoms with van der Waals surface area (Å²) in [6.45, 7) is 5.14. The molecule has 2 fully saturated rings. The minimum Gasteiger partial charge on any atom is -0.507 e. The molecule has 0 spiro atoms. The summed E-state index contributed by atoms with van der Waals surface area (Å²) in [4.78, 5) is 11.9. The minimum atomic E-state index is 0.224. The average Bonchev–Trinajstić information content (AvgIpc) is 3.37. The Kier molecular flexibility index (Phi) is 4.54. The molecular weight excluding hydrogens is 400 g/mol. The maximum absolute atomic E-state index is 10.8. The number of anilines is 1. The molecule has 7 heteroatoms. The number of hydrogen-bond donors (Lipinski definition) is 2. The molecule has 1 aliphatic carbocycles. The van der Waals surface area contributed by atoms with Crippen LogP contribution < -0.4 is 10.2 Å². The highest BCUT2D eigenvalue weighted by Crippen LogP contribution is 2.36. The second-order valence-corrected chi connectivity index (χ2v) is 9.36. The third kappa shape index (κ3) is 3.46. The first-order valence-corrected chi connectivity index (χ1v) is 11.5. The van der Waals surface area contributed by atoms with Gasteiger partial charge in [-0.1, -0.05) is 0 Å².